The Labute approximate surface area is 68.6 Å². The maximum Gasteiger partial charge on any atom is 0.121 e. The first-order valence-electron chi connectivity index (χ1n) is 4.45. The molecular weight excluding hydrogens is 138 g/mol. The van der Waals surface area contributed by atoms with Crippen LogP contribution in [-0.2, 0) is 4.79 Å². The Balaban J connectivity index is 2.41. The first-order valence-corrected chi connectivity index (χ1v) is 4.45. The van der Waals surface area contributed by atoms with Gasteiger partial charge in [-0.2, -0.15) is 0 Å². The summed E-state index contributed by atoms with van der Waals surface area (Å²) in [5.41, 5.74) is 0. The first kappa shape index (κ1) is 8.72. The summed E-state index contributed by atoms with van der Waals surface area (Å²) in [6, 6.07) is 1.25. The van der Waals surface area contributed by atoms with E-state index in [0.29, 0.717) is 12.5 Å². The molecule has 0 aromatic heterocycles. The molecule has 0 aromatic carbocycles. The van der Waals surface area contributed by atoms with Gasteiger partial charge >= 0.3 is 0 Å². The van der Waals surface area contributed by atoms with Crippen molar-refractivity contribution in [2.75, 3.05) is 7.05 Å². The van der Waals surface area contributed by atoms with Crippen LogP contribution in [0.2, 0.25) is 0 Å². The van der Waals surface area contributed by atoms with E-state index in [9.17, 15) is 4.79 Å². The Morgan fingerprint density at radius 2 is 2.09 bits per heavy atom. The van der Waals surface area contributed by atoms with Crippen LogP contribution < -0.4 is 0 Å². The van der Waals surface area contributed by atoms with Crippen molar-refractivity contribution in [1.82, 2.24) is 4.90 Å². The maximum atomic E-state index is 10.3. The molecule has 0 bridgehead atoms. The molecule has 1 saturated heterocycles. The van der Waals surface area contributed by atoms with Gasteiger partial charge in [-0.25, -0.2) is 0 Å². The molecule has 0 amide bonds. The summed E-state index contributed by atoms with van der Waals surface area (Å²) in [5.74, 6) is 0. The summed E-state index contributed by atoms with van der Waals surface area (Å²) >= 11 is 0. The van der Waals surface area contributed by atoms with Gasteiger partial charge in [-0.05, 0) is 26.3 Å². The summed E-state index contributed by atoms with van der Waals surface area (Å²) in [5, 5.41) is 0. The van der Waals surface area contributed by atoms with E-state index in [1.165, 1.54) is 19.3 Å². The van der Waals surface area contributed by atoms with E-state index in [4.69, 9.17) is 0 Å². The van der Waals surface area contributed by atoms with Crippen LogP contribution in [-0.4, -0.2) is 30.3 Å². The van der Waals surface area contributed by atoms with Gasteiger partial charge in [-0.1, -0.05) is 6.92 Å². The molecule has 11 heavy (non-hydrogen) atoms. The van der Waals surface area contributed by atoms with Gasteiger partial charge in [-0.3, -0.25) is 0 Å². The summed E-state index contributed by atoms with van der Waals surface area (Å²) < 4.78 is 0. The number of hydrogen-bond donors (Lipinski definition) is 0. The second-order valence-electron chi connectivity index (χ2n) is 3.36. The zero-order valence-electron chi connectivity index (χ0n) is 7.42. The molecule has 0 aliphatic carbocycles. The molecule has 0 N–H and O–H groups in total. The van der Waals surface area contributed by atoms with Gasteiger partial charge in [0.15, 0.2) is 0 Å². The quantitative estimate of drug-likeness (QED) is 0.575. The van der Waals surface area contributed by atoms with Gasteiger partial charge in [-0.15, -0.1) is 0 Å². The van der Waals surface area contributed by atoms with Crippen LogP contribution in [0.25, 0.3) is 0 Å². The number of carbonyl (C=O) groups excluding carboxylic acids is 1. The third-order valence-electron chi connectivity index (χ3n) is 2.82. The second kappa shape index (κ2) is 3.86. The zero-order chi connectivity index (χ0) is 8.27. The van der Waals surface area contributed by atoms with Gasteiger partial charge in [0, 0.05) is 18.5 Å². The number of likely N-dealkylation sites (tertiary alicyclic amines) is 1. The van der Waals surface area contributed by atoms with Crippen molar-refractivity contribution in [3.8, 4) is 0 Å². The van der Waals surface area contributed by atoms with Crippen LogP contribution in [0.3, 0.4) is 0 Å². The molecule has 2 unspecified atom stereocenters. The predicted molar refractivity (Wildman–Crippen MR) is 45.5 cm³/mol. The highest BCUT2D eigenvalue weighted by Gasteiger charge is 2.28. The molecule has 1 aliphatic heterocycles. The number of aldehydes is 1. The van der Waals surface area contributed by atoms with Gasteiger partial charge in [0.2, 0.25) is 0 Å². The molecule has 2 atom stereocenters. The topological polar surface area (TPSA) is 20.3 Å². The molecule has 1 fully saturated rings. The fraction of sp³-hybridized carbons (Fsp3) is 0.889. The number of rotatable bonds is 3. The van der Waals surface area contributed by atoms with Gasteiger partial charge in [0.1, 0.15) is 6.29 Å². The molecule has 1 rings (SSSR count). The van der Waals surface area contributed by atoms with E-state index in [2.05, 4.69) is 18.9 Å². The monoisotopic (exact) mass is 155 g/mol. The molecule has 1 aliphatic rings. The van der Waals surface area contributed by atoms with E-state index < -0.39 is 0 Å². The Hall–Kier alpha value is -0.370. The van der Waals surface area contributed by atoms with Gasteiger partial charge < -0.3 is 9.69 Å². The van der Waals surface area contributed by atoms with Crippen molar-refractivity contribution >= 4 is 6.29 Å². The summed E-state index contributed by atoms with van der Waals surface area (Å²) in [6.07, 6.45) is 5.44. The Bertz CT molecular complexity index is 136. The first-order chi connectivity index (χ1) is 5.29. The van der Waals surface area contributed by atoms with E-state index in [-0.39, 0.29) is 0 Å². The lowest BCUT2D eigenvalue weighted by Gasteiger charge is -2.23. The van der Waals surface area contributed by atoms with E-state index >= 15 is 0 Å². The highest BCUT2D eigenvalue weighted by atomic mass is 16.1. The summed E-state index contributed by atoms with van der Waals surface area (Å²) in [6.45, 7) is 2.21. The minimum Gasteiger partial charge on any atom is -0.303 e. The molecule has 1 heterocycles. The SMILES string of the molecule is CCC1CCC(CC=O)N1C. The maximum absolute atomic E-state index is 10.3. The minimum atomic E-state index is 0.525. The second-order valence-corrected chi connectivity index (χ2v) is 3.36. The number of nitrogens with zero attached hydrogens (tertiary/aromatic N) is 1. The lowest BCUT2D eigenvalue weighted by Crippen LogP contribution is -2.31. The molecule has 2 nitrogen and oxygen atoms in total. The number of carbonyl (C=O) groups is 1. The van der Waals surface area contributed by atoms with E-state index in [1.807, 2.05) is 0 Å². The van der Waals surface area contributed by atoms with Crippen molar-refractivity contribution in [2.24, 2.45) is 0 Å². The van der Waals surface area contributed by atoms with Crippen LogP contribution in [0.1, 0.15) is 32.6 Å². The van der Waals surface area contributed by atoms with E-state index in [1.54, 1.807) is 0 Å². The zero-order valence-corrected chi connectivity index (χ0v) is 7.42. The Kier molecular flexibility index (Phi) is 3.06. The van der Waals surface area contributed by atoms with Crippen LogP contribution in [0.5, 0.6) is 0 Å². The standard InChI is InChI=1S/C9H17NO/c1-3-8-4-5-9(6-7-11)10(8)2/h7-9H,3-6H2,1-2H3. The molecular formula is C9H17NO. The Morgan fingerprint density at radius 1 is 1.45 bits per heavy atom. The average Bonchev–Trinajstić information content (AvgIpc) is 2.34. The largest absolute Gasteiger partial charge is 0.303 e. The third kappa shape index (κ3) is 1.80. The van der Waals surface area contributed by atoms with Crippen LogP contribution >= 0.6 is 0 Å². The lowest BCUT2D eigenvalue weighted by molar-refractivity contribution is -0.108. The normalized spacial score (nSPS) is 32.5. The minimum absolute atomic E-state index is 0.525. The number of hydrogen-bond acceptors (Lipinski definition) is 2. The van der Waals surface area contributed by atoms with Crippen molar-refractivity contribution in [3.63, 3.8) is 0 Å². The van der Waals surface area contributed by atoms with Crippen molar-refractivity contribution in [3.05, 3.63) is 0 Å². The molecule has 0 spiro atoms. The van der Waals surface area contributed by atoms with E-state index in [0.717, 1.165) is 12.3 Å². The van der Waals surface area contributed by atoms with Gasteiger partial charge in [0.05, 0.1) is 0 Å². The summed E-state index contributed by atoms with van der Waals surface area (Å²) in [7, 11) is 2.13. The molecule has 0 aromatic rings. The highest BCUT2D eigenvalue weighted by Crippen LogP contribution is 2.25. The van der Waals surface area contributed by atoms with Crippen LogP contribution in [0.4, 0.5) is 0 Å². The molecule has 2 heteroatoms. The van der Waals surface area contributed by atoms with Crippen molar-refractivity contribution < 1.29 is 4.79 Å². The third-order valence-corrected chi connectivity index (χ3v) is 2.82. The molecule has 0 saturated carbocycles. The van der Waals surface area contributed by atoms with Crippen molar-refractivity contribution in [1.29, 1.82) is 0 Å². The highest BCUT2D eigenvalue weighted by molar-refractivity contribution is 5.50. The van der Waals surface area contributed by atoms with Crippen LogP contribution in [0, 0.1) is 0 Å². The van der Waals surface area contributed by atoms with Crippen molar-refractivity contribution in [2.45, 2.75) is 44.7 Å². The fourth-order valence-electron chi connectivity index (χ4n) is 1.98. The Morgan fingerprint density at radius 3 is 2.55 bits per heavy atom. The van der Waals surface area contributed by atoms with Crippen LogP contribution in [0.15, 0.2) is 0 Å². The predicted octanol–water partition coefficient (Wildman–Crippen LogP) is 1.45. The molecule has 64 valence electrons. The lowest BCUT2D eigenvalue weighted by atomic mass is 10.1. The summed E-state index contributed by atoms with van der Waals surface area (Å²) in [4.78, 5) is 12.6. The molecule has 0 radical (unpaired) electrons. The average molecular weight is 155 g/mol. The fourth-order valence-corrected chi connectivity index (χ4v) is 1.98. The van der Waals surface area contributed by atoms with Gasteiger partial charge in [0.25, 0.3) is 0 Å². The smallest absolute Gasteiger partial charge is 0.121 e.